The van der Waals surface area contributed by atoms with Gasteiger partial charge in [0.15, 0.2) is 0 Å². The quantitative estimate of drug-likeness (QED) is 0.295. The van der Waals surface area contributed by atoms with Gasteiger partial charge in [-0.3, -0.25) is 24.0 Å². The van der Waals surface area contributed by atoms with Gasteiger partial charge in [0.05, 0.1) is 0 Å². The maximum absolute atomic E-state index is 13.4. The van der Waals surface area contributed by atoms with E-state index in [0.717, 1.165) is 5.56 Å². The molecule has 4 atom stereocenters. The largest absolute Gasteiger partial charge is 0.355 e. The second-order valence-electron chi connectivity index (χ2n) is 8.71. The lowest BCUT2D eigenvalue weighted by molar-refractivity contribution is -0.201. The first-order valence-corrected chi connectivity index (χ1v) is 13.1. The Morgan fingerprint density at radius 1 is 1.17 bits per heavy atom. The number of likely N-dealkylation sites (tertiary alicyclic amines) is 1. The van der Waals surface area contributed by atoms with Gasteiger partial charge in [0, 0.05) is 25.3 Å². The van der Waals surface area contributed by atoms with E-state index in [4.69, 9.17) is 4.84 Å². The van der Waals surface area contributed by atoms with Crippen LogP contribution in [0.2, 0.25) is 0 Å². The number of amides is 5. The minimum absolute atomic E-state index is 0.0465. The molecule has 0 radical (unpaired) electrons. The number of hydroxylamine groups is 2. The van der Waals surface area contributed by atoms with Gasteiger partial charge >= 0.3 is 5.97 Å². The SMILES string of the molecule is CSCC[C@H](NC=O)C(=O)N[C@H]1CC(C)N([C@@H](Cc2ccccc2)C(=O)ON2C(=O)CCC2=O)C1=O. The Bertz CT molecular complexity index is 989. The molecule has 1 unspecified atom stereocenters. The average Bonchev–Trinajstić information content (AvgIpc) is 3.32. The molecule has 2 N–H and O–H groups in total. The zero-order valence-electron chi connectivity index (χ0n) is 20.2. The van der Waals surface area contributed by atoms with Crippen molar-refractivity contribution in [3.8, 4) is 0 Å². The maximum Gasteiger partial charge on any atom is 0.355 e. The first-order chi connectivity index (χ1) is 17.3. The highest BCUT2D eigenvalue weighted by Crippen LogP contribution is 2.26. The third kappa shape index (κ3) is 6.42. The molecule has 2 heterocycles. The molecule has 2 aliphatic rings. The fourth-order valence-electron chi connectivity index (χ4n) is 4.36. The number of nitrogens with zero attached hydrogens (tertiary/aromatic N) is 2. The first-order valence-electron chi connectivity index (χ1n) is 11.7. The summed E-state index contributed by atoms with van der Waals surface area (Å²) >= 11 is 1.52. The van der Waals surface area contributed by atoms with Crippen LogP contribution in [-0.4, -0.2) is 82.1 Å². The molecule has 1 aromatic rings. The van der Waals surface area contributed by atoms with Crippen molar-refractivity contribution in [2.24, 2.45) is 0 Å². The molecule has 194 valence electrons. The lowest BCUT2D eigenvalue weighted by Gasteiger charge is -2.31. The highest BCUT2D eigenvalue weighted by atomic mass is 32.2. The number of hydrogen-bond donors (Lipinski definition) is 2. The molecule has 0 spiro atoms. The Morgan fingerprint density at radius 2 is 1.83 bits per heavy atom. The molecule has 0 aromatic heterocycles. The van der Waals surface area contributed by atoms with Crippen LogP contribution in [-0.2, 0) is 40.0 Å². The summed E-state index contributed by atoms with van der Waals surface area (Å²) in [6.45, 7) is 1.75. The molecule has 36 heavy (non-hydrogen) atoms. The van der Waals surface area contributed by atoms with Crippen molar-refractivity contribution >= 4 is 47.8 Å². The highest BCUT2D eigenvalue weighted by Gasteiger charge is 2.46. The Labute approximate surface area is 213 Å². The van der Waals surface area contributed by atoms with Crippen molar-refractivity contribution in [3.05, 3.63) is 35.9 Å². The molecule has 0 saturated carbocycles. The number of carbonyl (C=O) groups excluding carboxylic acids is 6. The van der Waals surface area contributed by atoms with E-state index >= 15 is 0 Å². The van der Waals surface area contributed by atoms with Gasteiger partial charge in [-0.15, -0.1) is 5.06 Å². The van der Waals surface area contributed by atoms with Crippen LogP contribution in [0.4, 0.5) is 0 Å². The number of hydrogen-bond acceptors (Lipinski definition) is 8. The van der Waals surface area contributed by atoms with Crippen LogP contribution >= 0.6 is 11.8 Å². The van der Waals surface area contributed by atoms with Crippen LogP contribution in [0.15, 0.2) is 30.3 Å². The van der Waals surface area contributed by atoms with Crippen molar-refractivity contribution < 1.29 is 33.6 Å². The fraction of sp³-hybridized carbons (Fsp3) is 0.500. The molecule has 2 fully saturated rings. The van der Waals surface area contributed by atoms with Crippen LogP contribution in [0.3, 0.4) is 0 Å². The van der Waals surface area contributed by atoms with Crippen molar-refractivity contribution in [1.29, 1.82) is 0 Å². The monoisotopic (exact) mass is 518 g/mol. The topological polar surface area (TPSA) is 142 Å². The van der Waals surface area contributed by atoms with Gasteiger partial charge < -0.3 is 20.4 Å². The zero-order chi connectivity index (χ0) is 26.2. The molecule has 5 amide bonds. The van der Waals surface area contributed by atoms with E-state index in [1.807, 2.05) is 12.3 Å². The van der Waals surface area contributed by atoms with Crippen LogP contribution in [0.5, 0.6) is 0 Å². The number of nitrogens with one attached hydrogen (secondary N) is 2. The Balaban J connectivity index is 1.79. The highest BCUT2D eigenvalue weighted by molar-refractivity contribution is 7.98. The molecule has 0 bridgehead atoms. The summed E-state index contributed by atoms with van der Waals surface area (Å²) < 4.78 is 0. The van der Waals surface area contributed by atoms with Gasteiger partial charge in [0.25, 0.3) is 11.8 Å². The normalized spacial score (nSPS) is 21.3. The van der Waals surface area contributed by atoms with E-state index in [1.54, 1.807) is 31.2 Å². The molecule has 0 aliphatic carbocycles. The van der Waals surface area contributed by atoms with Gasteiger partial charge in [-0.2, -0.15) is 11.8 Å². The average molecular weight is 519 g/mol. The van der Waals surface area contributed by atoms with Gasteiger partial charge in [-0.25, -0.2) is 4.79 Å². The van der Waals surface area contributed by atoms with E-state index in [9.17, 15) is 28.8 Å². The van der Waals surface area contributed by atoms with Gasteiger partial charge in [-0.05, 0) is 37.3 Å². The van der Waals surface area contributed by atoms with Crippen molar-refractivity contribution in [2.75, 3.05) is 12.0 Å². The lowest BCUT2D eigenvalue weighted by atomic mass is 10.0. The van der Waals surface area contributed by atoms with E-state index in [1.165, 1.54) is 16.7 Å². The molecule has 1 aromatic carbocycles. The Hall–Kier alpha value is -3.41. The van der Waals surface area contributed by atoms with E-state index in [2.05, 4.69) is 10.6 Å². The summed E-state index contributed by atoms with van der Waals surface area (Å²) in [6.07, 6.45) is 2.96. The molecule has 12 heteroatoms. The molecule has 3 rings (SSSR count). The van der Waals surface area contributed by atoms with Crippen LogP contribution in [0.1, 0.15) is 38.2 Å². The van der Waals surface area contributed by atoms with Gasteiger partial charge in [0.1, 0.15) is 18.1 Å². The first kappa shape index (κ1) is 27.2. The number of imide groups is 1. The number of carbonyl (C=O) groups is 6. The van der Waals surface area contributed by atoms with Crippen molar-refractivity contribution in [3.63, 3.8) is 0 Å². The summed E-state index contributed by atoms with van der Waals surface area (Å²) in [4.78, 5) is 80.8. The molecule has 2 aliphatic heterocycles. The van der Waals surface area contributed by atoms with E-state index in [0.29, 0.717) is 23.6 Å². The van der Waals surface area contributed by atoms with E-state index < -0.39 is 53.8 Å². The number of thioether (sulfide) groups is 1. The molecular formula is C24H30N4O7S. The second-order valence-corrected chi connectivity index (χ2v) is 9.69. The summed E-state index contributed by atoms with van der Waals surface area (Å²) in [5.41, 5.74) is 0.748. The van der Waals surface area contributed by atoms with Gasteiger partial charge in [0.2, 0.25) is 18.2 Å². The molecule has 2 saturated heterocycles. The fourth-order valence-corrected chi connectivity index (χ4v) is 4.83. The molecular weight excluding hydrogens is 488 g/mol. The Morgan fingerprint density at radius 3 is 2.44 bits per heavy atom. The second kappa shape index (κ2) is 12.5. The summed E-state index contributed by atoms with van der Waals surface area (Å²) in [7, 11) is 0. The summed E-state index contributed by atoms with van der Waals surface area (Å²) in [5.74, 6) is -2.47. The van der Waals surface area contributed by atoms with Crippen molar-refractivity contribution in [2.45, 2.75) is 63.2 Å². The van der Waals surface area contributed by atoms with Crippen LogP contribution in [0.25, 0.3) is 0 Å². The van der Waals surface area contributed by atoms with Crippen LogP contribution in [0, 0.1) is 0 Å². The standard InChI is InChI=1S/C24H30N4O7S/c1-15-12-18(26-22(32)17(25-14-29)10-11-36-2)23(33)27(15)19(13-16-6-4-3-5-7-16)24(34)35-28-20(30)8-9-21(28)31/h3-7,14-15,17-19H,8-13H2,1-2H3,(H,25,29)(H,26,32)/t15?,17-,18-,19-/m0/s1. The smallest absolute Gasteiger partial charge is 0.347 e. The predicted octanol–water partition coefficient (Wildman–Crippen LogP) is 0.178. The number of rotatable bonds is 12. The maximum atomic E-state index is 13.4. The predicted molar refractivity (Wildman–Crippen MR) is 130 cm³/mol. The number of benzene rings is 1. The third-order valence-electron chi connectivity index (χ3n) is 6.18. The zero-order valence-corrected chi connectivity index (χ0v) is 21.0. The minimum Gasteiger partial charge on any atom is -0.347 e. The third-order valence-corrected chi connectivity index (χ3v) is 6.83. The van der Waals surface area contributed by atoms with E-state index in [-0.39, 0.29) is 25.7 Å². The lowest BCUT2D eigenvalue weighted by Crippen LogP contribution is -2.53. The summed E-state index contributed by atoms with van der Waals surface area (Å²) in [6, 6.07) is 5.71. The van der Waals surface area contributed by atoms with Crippen molar-refractivity contribution in [1.82, 2.24) is 20.6 Å². The van der Waals surface area contributed by atoms with Gasteiger partial charge in [-0.1, -0.05) is 30.3 Å². The Kier molecular flexibility index (Phi) is 9.45. The molecule has 11 nitrogen and oxygen atoms in total. The van der Waals surface area contributed by atoms with Crippen LogP contribution < -0.4 is 10.6 Å². The minimum atomic E-state index is -1.13. The summed E-state index contributed by atoms with van der Waals surface area (Å²) in [5, 5.41) is 5.64.